The number of H-pyrrole nitrogens is 1. The monoisotopic (exact) mass is 404 g/mol. The van der Waals surface area contributed by atoms with Gasteiger partial charge in [-0.15, -0.1) is 0 Å². The average Bonchev–Trinajstić information content (AvgIpc) is 3.35. The molecule has 2 aromatic rings. The molecule has 0 aliphatic heterocycles. The van der Waals surface area contributed by atoms with E-state index in [1.807, 2.05) is 19.9 Å². The van der Waals surface area contributed by atoms with Gasteiger partial charge in [-0.2, -0.15) is 5.10 Å². The van der Waals surface area contributed by atoms with Crippen LogP contribution in [0.1, 0.15) is 62.3 Å². The second-order valence-corrected chi connectivity index (χ2v) is 8.21. The lowest BCUT2D eigenvalue weighted by Crippen LogP contribution is -2.33. The minimum absolute atomic E-state index is 0.0420. The predicted octanol–water partition coefficient (Wildman–Crippen LogP) is 4.96. The Hall–Kier alpha value is -2.64. The summed E-state index contributed by atoms with van der Waals surface area (Å²) in [5.74, 6) is -1.93. The van der Waals surface area contributed by atoms with E-state index in [1.54, 1.807) is 12.1 Å². The number of alkyl carbamates (subject to hydrolysis) is 1. The number of benzene rings is 1. The van der Waals surface area contributed by atoms with Crippen molar-refractivity contribution in [2.45, 2.75) is 69.9 Å². The van der Waals surface area contributed by atoms with Gasteiger partial charge in [0.05, 0.1) is 0 Å². The maximum absolute atomic E-state index is 14.0. The molecule has 1 aromatic heterocycles. The Kier molecular flexibility index (Phi) is 5.19. The number of hydrogen-bond donors (Lipinski definition) is 3. The summed E-state index contributed by atoms with van der Waals surface area (Å²) in [6, 6.07) is 6.90. The number of nitrogens with zero attached hydrogens (tertiary/aromatic N) is 1. The second kappa shape index (κ2) is 7.65. The van der Waals surface area contributed by atoms with Crippen molar-refractivity contribution in [3.8, 4) is 0 Å². The SMILES string of the molecule is CC(C)NC(=O)O[C@@H]1CC[C@H](c2cc(Nc3cccc4c3CCC4(F)F)n[nH]2)C1. The van der Waals surface area contributed by atoms with Gasteiger partial charge < -0.3 is 15.4 Å². The number of aromatic amines is 1. The Morgan fingerprint density at radius 3 is 2.97 bits per heavy atom. The van der Waals surface area contributed by atoms with Crippen LogP contribution >= 0.6 is 0 Å². The lowest BCUT2D eigenvalue weighted by molar-refractivity contribution is -0.00184. The van der Waals surface area contributed by atoms with Gasteiger partial charge in [-0.25, -0.2) is 13.6 Å². The number of amides is 1. The largest absolute Gasteiger partial charge is 0.446 e. The van der Waals surface area contributed by atoms with Gasteiger partial charge in [0, 0.05) is 41.4 Å². The topological polar surface area (TPSA) is 79.0 Å². The van der Waals surface area contributed by atoms with Crippen LogP contribution in [0.25, 0.3) is 0 Å². The number of carbonyl (C=O) groups excluding carboxylic acids is 1. The second-order valence-electron chi connectivity index (χ2n) is 8.21. The van der Waals surface area contributed by atoms with Crippen molar-refractivity contribution in [1.29, 1.82) is 0 Å². The van der Waals surface area contributed by atoms with Crippen LogP contribution in [0.4, 0.5) is 25.1 Å². The average molecular weight is 404 g/mol. The summed E-state index contributed by atoms with van der Waals surface area (Å²) >= 11 is 0. The normalized spacial score (nSPS) is 22.5. The number of alkyl halides is 2. The van der Waals surface area contributed by atoms with Gasteiger partial charge in [0.25, 0.3) is 5.92 Å². The van der Waals surface area contributed by atoms with Gasteiger partial charge in [-0.3, -0.25) is 5.10 Å². The predicted molar refractivity (Wildman–Crippen MR) is 106 cm³/mol. The van der Waals surface area contributed by atoms with E-state index in [2.05, 4.69) is 20.8 Å². The molecular formula is C21H26F2N4O2. The summed E-state index contributed by atoms with van der Waals surface area (Å²) in [5.41, 5.74) is 2.40. The number of hydrogen-bond acceptors (Lipinski definition) is 4. The van der Waals surface area contributed by atoms with E-state index in [-0.39, 0.29) is 36.1 Å². The third kappa shape index (κ3) is 4.21. The molecule has 0 radical (unpaired) electrons. The molecule has 2 aliphatic carbocycles. The van der Waals surface area contributed by atoms with Crippen LogP contribution in [0, 0.1) is 0 Å². The Morgan fingerprint density at radius 1 is 1.34 bits per heavy atom. The molecule has 0 spiro atoms. The number of halogens is 2. The van der Waals surface area contributed by atoms with Crippen molar-refractivity contribution in [3.05, 3.63) is 41.1 Å². The number of carbonyl (C=O) groups is 1. The third-order valence-electron chi connectivity index (χ3n) is 5.62. The van der Waals surface area contributed by atoms with Crippen LogP contribution in [-0.4, -0.2) is 28.4 Å². The van der Waals surface area contributed by atoms with Crippen LogP contribution < -0.4 is 10.6 Å². The van der Waals surface area contributed by atoms with Gasteiger partial charge in [-0.1, -0.05) is 12.1 Å². The van der Waals surface area contributed by atoms with Crippen molar-refractivity contribution >= 4 is 17.6 Å². The lowest BCUT2D eigenvalue weighted by Gasteiger charge is -2.14. The zero-order valence-corrected chi connectivity index (χ0v) is 16.6. The summed E-state index contributed by atoms with van der Waals surface area (Å²) < 4.78 is 33.4. The van der Waals surface area contributed by atoms with Gasteiger partial charge in [0.15, 0.2) is 5.82 Å². The molecule has 3 N–H and O–H groups in total. The summed E-state index contributed by atoms with van der Waals surface area (Å²) in [6.07, 6.45) is 2.14. The molecule has 29 heavy (non-hydrogen) atoms. The Balaban J connectivity index is 1.39. The number of fused-ring (bicyclic) bond motifs is 1. The lowest BCUT2D eigenvalue weighted by atomic mass is 10.0. The zero-order chi connectivity index (χ0) is 20.6. The highest BCUT2D eigenvalue weighted by Gasteiger charge is 2.40. The Morgan fingerprint density at radius 2 is 2.17 bits per heavy atom. The maximum atomic E-state index is 14.0. The molecule has 2 aliphatic rings. The first-order valence-electron chi connectivity index (χ1n) is 10.1. The Labute approximate surface area is 168 Å². The fraction of sp³-hybridized carbons (Fsp3) is 0.524. The standard InChI is InChI=1S/C21H26F2N4O2/c1-12(2)24-20(28)29-14-7-6-13(10-14)18-11-19(27-26-18)25-17-5-3-4-16-15(17)8-9-21(16,22)23/h3-5,11-14H,6-10H2,1-2H3,(H,24,28)(H2,25,26,27)/t13-,14+/m0/s1. The van der Waals surface area contributed by atoms with Gasteiger partial charge in [-0.05, 0) is 51.2 Å². The molecule has 1 saturated carbocycles. The van der Waals surface area contributed by atoms with Crippen molar-refractivity contribution in [1.82, 2.24) is 15.5 Å². The minimum atomic E-state index is -2.76. The highest BCUT2D eigenvalue weighted by Crippen LogP contribution is 2.44. The Bertz CT molecular complexity index is 897. The number of ether oxygens (including phenoxy) is 1. The summed E-state index contributed by atoms with van der Waals surface area (Å²) in [7, 11) is 0. The van der Waals surface area contributed by atoms with Crippen LogP contribution in [0.15, 0.2) is 24.3 Å². The molecule has 0 unspecified atom stereocenters. The summed E-state index contributed by atoms with van der Waals surface area (Å²) in [6.45, 7) is 3.78. The molecule has 4 rings (SSSR count). The van der Waals surface area contributed by atoms with E-state index < -0.39 is 5.92 Å². The first-order chi connectivity index (χ1) is 13.8. The molecule has 8 heteroatoms. The number of anilines is 2. The molecule has 1 aromatic carbocycles. The molecule has 2 atom stereocenters. The minimum Gasteiger partial charge on any atom is -0.446 e. The quantitative estimate of drug-likeness (QED) is 0.658. The van der Waals surface area contributed by atoms with Gasteiger partial charge in [0.1, 0.15) is 6.10 Å². The summed E-state index contributed by atoms with van der Waals surface area (Å²) in [4.78, 5) is 11.8. The van der Waals surface area contributed by atoms with Crippen molar-refractivity contribution in [2.75, 3.05) is 5.32 Å². The molecule has 156 valence electrons. The molecule has 6 nitrogen and oxygen atoms in total. The fourth-order valence-electron chi connectivity index (χ4n) is 4.23. The smallest absolute Gasteiger partial charge is 0.407 e. The number of nitrogens with one attached hydrogen (secondary N) is 3. The van der Waals surface area contributed by atoms with E-state index in [0.717, 1.165) is 25.0 Å². The van der Waals surface area contributed by atoms with E-state index in [0.29, 0.717) is 23.5 Å². The van der Waals surface area contributed by atoms with Crippen molar-refractivity contribution in [2.24, 2.45) is 0 Å². The summed E-state index contributed by atoms with van der Waals surface area (Å²) in [5, 5.41) is 13.3. The number of rotatable bonds is 5. The fourth-order valence-corrected chi connectivity index (χ4v) is 4.23. The molecule has 0 bridgehead atoms. The van der Waals surface area contributed by atoms with Crippen molar-refractivity contribution in [3.63, 3.8) is 0 Å². The van der Waals surface area contributed by atoms with Crippen LogP contribution in [0.3, 0.4) is 0 Å². The highest BCUT2D eigenvalue weighted by atomic mass is 19.3. The molecule has 1 fully saturated rings. The van der Waals surface area contributed by atoms with E-state index in [4.69, 9.17) is 4.74 Å². The van der Waals surface area contributed by atoms with Crippen LogP contribution in [0.5, 0.6) is 0 Å². The van der Waals surface area contributed by atoms with Gasteiger partial charge >= 0.3 is 6.09 Å². The van der Waals surface area contributed by atoms with Crippen LogP contribution in [0.2, 0.25) is 0 Å². The molecule has 1 amide bonds. The molecule has 1 heterocycles. The van der Waals surface area contributed by atoms with E-state index in [1.165, 1.54) is 6.07 Å². The van der Waals surface area contributed by atoms with E-state index >= 15 is 0 Å². The zero-order valence-electron chi connectivity index (χ0n) is 16.6. The van der Waals surface area contributed by atoms with Crippen molar-refractivity contribution < 1.29 is 18.3 Å². The maximum Gasteiger partial charge on any atom is 0.407 e. The van der Waals surface area contributed by atoms with E-state index in [9.17, 15) is 13.6 Å². The molecular weight excluding hydrogens is 378 g/mol. The van der Waals surface area contributed by atoms with Crippen LogP contribution in [-0.2, 0) is 17.1 Å². The first kappa shape index (κ1) is 19.7. The highest BCUT2D eigenvalue weighted by molar-refractivity contribution is 5.67. The molecule has 0 saturated heterocycles. The van der Waals surface area contributed by atoms with Gasteiger partial charge in [0.2, 0.25) is 0 Å². The first-order valence-corrected chi connectivity index (χ1v) is 10.1. The third-order valence-corrected chi connectivity index (χ3v) is 5.62. The number of aromatic nitrogens is 2.